The summed E-state index contributed by atoms with van der Waals surface area (Å²) in [5.41, 5.74) is 0.987. The second-order valence-electron chi connectivity index (χ2n) is 3.44. The van der Waals surface area contributed by atoms with Gasteiger partial charge in [0.15, 0.2) is 6.29 Å². The lowest BCUT2D eigenvalue weighted by Gasteiger charge is -2.06. The highest BCUT2D eigenvalue weighted by molar-refractivity contribution is 6.36. The molecule has 2 aromatic rings. The maximum atomic E-state index is 11.4. The Bertz CT molecular complexity index is 585. The van der Waals surface area contributed by atoms with Crippen molar-refractivity contribution in [2.24, 2.45) is 0 Å². The number of aromatic amines is 1. The molecule has 1 aromatic carbocycles. The summed E-state index contributed by atoms with van der Waals surface area (Å²) >= 11 is 0. The number of benzene rings is 1. The summed E-state index contributed by atoms with van der Waals surface area (Å²) in [5, 5.41) is 0.588. The summed E-state index contributed by atoms with van der Waals surface area (Å²) in [6.45, 7) is 0. The van der Waals surface area contributed by atoms with Crippen molar-refractivity contribution in [3.05, 3.63) is 23.9 Å². The molecule has 5 heteroatoms. The van der Waals surface area contributed by atoms with Gasteiger partial charge in [-0.2, -0.15) is 0 Å². The molecule has 0 fully saturated rings. The Labute approximate surface area is 97.3 Å². The zero-order valence-corrected chi connectivity index (χ0v) is 9.44. The molecule has 0 amide bonds. The maximum absolute atomic E-state index is 11.4. The first kappa shape index (κ1) is 11.2. The van der Waals surface area contributed by atoms with Crippen LogP contribution in [0.4, 0.5) is 0 Å². The van der Waals surface area contributed by atoms with Crippen LogP contribution in [0.5, 0.6) is 11.5 Å². The molecule has 0 atom stereocenters. The maximum Gasteiger partial charge on any atom is 0.227 e. The number of fused-ring (bicyclic) bond motifs is 1. The number of ether oxygens (including phenoxy) is 2. The van der Waals surface area contributed by atoms with Gasteiger partial charge in [0.2, 0.25) is 5.78 Å². The van der Waals surface area contributed by atoms with Crippen molar-refractivity contribution < 1.29 is 19.1 Å². The van der Waals surface area contributed by atoms with E-state index in [0.29, 0.717) is 28.0 Å². The zero-order chi connectivity index (χ0) is 12.4. The van der Waals surface area contributed by atoms with E-state index in [9.17, 15) is 9.59 Å². The average molecular weight is 233 g/mol. The first-order valence-electron chi connectivity index (χ1n) is 4.94. The molecule has 5 nitrogen and oxygen atoms in total. The molecular weight excluding hydrogens is 222 g/mol. The third-order valence-corrected chi connectivity index (χ3v) is 2.55. The van der Waals surface area contributed by atoms with Crippen molar-refractivity contribution in [3.8, 4) is 11.5 Å². The van der Waals surface area contributed by atoms with Crippen molar-refractivity contribution in [2.45, 2.75) is 0 Å². The monoisotopic (exact) mass is 233 g/mol. The molecule has 2 rings (SSSR count). The minimum absolute atomic E-state index is 0.284. The molecule has 0 spiro atoms. The third-order valence-electron chi connectivity index (χ3n) is 2.55. The molecule has 0 saturated carbocycles. The van der Waals surface area contributed by atoms with Crippen LogP contribution >= 0.6 is 0 Å². The fourth-order valence-electron chi connectivity index (χ4n) is 1.74. The molecule has 0 radical (unpaired) electrons. The van der Waals surface area contributed by atoms with Gasteiger partial charge in [0.25, 0.3) is 0 Å². The fourth-order valence-corrected chi connectivity index (χ4v) is 1.74. The van der Waals surface area contributed by atoms with Crippen LogP contribution in [0.2, 0.25) is 0 Å². The quantitative estimate of drug-likeness (QED) is 0.494. The van der Waals surface area contributed by atoms with E-state index in [1.807, 2.05) is 0 Å². The minimum atomic E-state index is -0.584. The van der Waals surface area contributed by atoms with Gasteiger partial charge in [-0.1, -0.05) is 0 Å². The summed E-state index contributed by atoms with van der Waals surface area (Å²) in [5.74, 6) is 0.520. The van der Waals surface area contributed by atoms with Crippen LogP contribution in [0, 0.1) is 0 Å². The van der Waals surface area contributed by atoms with Gasteiger partial charge >= 0.3 is 0 Å². The average Bonchev–Trinajstić information content (AvgIpc) is 2.80. The Kier molecular flexibility index (Phi) is 2.82. The first-order valence-corrected chi connectivity index (χ1v) is 4.94. The van der Waals surface area contributed by atoms with Gasteiger partial charge in [0, 0.05) is 18.3 Å². The van der Waals surface area contributed by atoms with Crippen molar-refractivity contribution >= 4 is 23.0 Å². The van der Waals surface area contributed by atoms with Gasteiger partial charge in [0.1, 0.15) is 11.5 Å². The number of aldehydes is 1. The van der Waals surface area contributed by atoms with Crippen LogP contribution < -0.4 is 9.47 Å². The standard InChI is InChI=1S/C12H11NO4/c1-16-7-3-9-12(11(4-7)17-2)8(5-13-9)10(15)6-14/h3-6,13H,1-2H3. The summed E-state index contributed by atoms with van der Waals surface area (Å²) in [6.07, 6.45) is 1.77. The smallest absolute Gasteiger partial charge is 0.227 e. The Morgan fingerprint density at radius 1 is 1.29 bits per heavy atom. The molecule has 1 N–H and O–H groups in total. The summed E-state index contributed by atoms with van der Waals surface area (Å²) in [6, 6.07) is 3.40. The lowest BCUT2D eigenvalue weighted by Crippen LogP contribution is -1.99. The SMILES string of the molecule is COc1cc(OC)c2c(C(=O)C=O)c[nH]c2c1. The van der Waals surface area contributed by atoms with E-state index in [2.05, 4.69) is 4.98 Å². The Balaban J connectivity index is 2.74. The molecule has 1 aromatic heterocycles. The van der Waals surface area contributed by atoms with E-state index in [0.717, 1.165) is 0 Å². The first-order chi connectivity index (χ1) is 8.21. The number of nitrogens with one attached hydrogen (secondary N) is 1. The van der Waals surface area contributed by atoms with Gasteiger partial charge in [0.05, 0.1) is 30.7 Å². The third kappa shape index (κ3) is 1.75. The van der Waals surface area contributed by atoms with Crippen LogP contribution in [-0.2, 0) is 4.79 Å². The fraction of sp³-hybridized carbons (Fsp3) is 0.167. The largest absolute Gasteiger partial charge is 0.497 e. The highest BCUT2D eigenvalue weighted by Gasteiger charge is 2.16. The molecule has 0 aliphatic carbocycles. The predicted octanol–water partition coefficient (Wildman–Crippen LogP) is 1.57. The number of carbonyl (C=O) groups is 2. The number of rotatable bonds is 4. The number of ketones is 1. The van der Waals surface area contributed by atoms with Gasteiger partial charge < -0.3 is 14.5 Å². The van der Waals surface area contributed by atoms with Gasteiger partial charge in [-0.15, -0.1) is 0 Å². The molecule has 0 unspecified atom stereocenters. The van der Waals surface area contributed by atoms with E-state index in [1.165, 1.54) is 13.3 Å². The Hall–Kier alpha value is -2.30. The summed E-state index contributed by atoms with van der Waals surface area (Å²) < 4.78 is 10.3. The lowest BCUT2D eigenvalue weighted by molar-refractivity contribution is -0.104. The zero-order valence-electron chi connectivity index (χ0n) is 9.44. The van der Waals surface area contributed by atoms with Crippen molar-refractivity contribution in [3.63, 3.8) is 0 Å². The van der Waals surface area contributed by atoms with E-state index in [4.69, 9.17) is 9.47 Å². The lowest BCUT2D eigenvalue weighted by atomic mass is 10.1. The van der Waals surface area contributed by atoms with Crippen molar-refractivity contribution in [1.29, 1.82) is 0 Å². The predicted molar refractivity (Wildman–Crippen MR) is 61.8 cm³/mol. The van der Waals surface area contributed by atoms with Crippen LogP contribution in [0.1, 0.15) is 10.4 Å². The molecule has 0 bridgehead atoms. The number of H-pyrrole nitrogens is 1. The van der Waals surface area contributed by atoms with Gasteiger partial charge in [-0.05, 0) is 0 Å². The van der Waals surface area contributed by atoms with E-state index in [1.54, 1.807) is 19.2 Å². The van der Waals surface area contributed by atoms with E-state index < -0.39 is 5.78 Å². The molecule has 0 saturated heterocycles. The molecule has 88 valence electrons. The van der Waals surface area contributed by atoms with Crippen molar-refractivity contribution in [1.82, 2.24) is 4.98 Å². The normalized spacial score (nSPS) is 10.2. The van der Waals surface area contributed by atoms with E-state index in [-0.39, 0.29) is 6.29 Å². The Morgan fingerprint density at radius 3 is 2.65 bits per heavy atom. The number of methoxy groups -OCH3 is 2. The van der Waals surface area contributed by atoms with E-state index >= 15 is 0 Å². The van der Waals surface area contributed by atoms with Crippen LogP contribution in [0.3, 0.4) is 0 Å². The minimum Gasteiger partial charge on any atom is -0.497 e. The Morgan fingerprint density at radius 2 is 2.06 bits per heavy atom. The van der Waals surface area contributed by atoms with Crippen LogP contribution in [-0.4, -0.2) is 31.3 Å². The molecule has 0 aliphatic rings. The number of carbonyl (C=O) groups excluding carboxylic acids is 2. The van der Waals surface area contributed by atoms with Gasteiger partial charge in [-0.3, -0.25) is 9.59 Å². The molecule has 0 aliphatic heterocycles. The van der Waals surface area contributed by atoms with Gasteiger partial charge in [-0.25, -0.2) is 0 Å². The summed E-state index contributed by atoms with van der Waals surface area (Å²) in [4.78, 5) is 24.9. The second kappa shape index (κ2) is 4.29. The highest BCUT2D eigenvalue weighted by Crippen LogP contribution is 2.33. The van der Waals surface area contributed by atoms with Crippen molar-refractivity contribution in [2.75, 3.05) is 14.2 Å². The highest BCUT2D eigenvalue weighted by atomic mass is 16.5. The number of hydrogen-bond acceptors (Lipinski definition) is 4. The van der Waals surface area contributed by atoms with Crippen LogP contribution in [0.15, 0.2) is 18.3 Å². The second-order valence-corrected chi connectivity index (χ2v) is 3.44. The molecule has 1 heterocycles. The topological polar surface area (TPSA) is 68.4 Å². The summed E-state index contributed by atoms with van der Waals surface area (Å²) in [7, 11) is 3.04. The number of Topliss-reactive ketones (excluding diaryl/α,β-unsaturated/α-hetero) is 1. The van der Waals surface area contributed by atoms with Crippen LogP contribution in [0.25, 0.3) is 10.9 Å². The molecular formula is C12H11NO4. The number of aromatic nitrogens is 1. The number of hydrogen-bond donors (Lipinski definition) is 1. The molecule has 17 heavy (non-hydrogen) atoms.